The summed E-state index contributed by atoms with van der Waals surface area (Å²) in [6.07, 6.45) is -2.45. The molecule has 1 atom stereocenters. The molecule has 0 amide bonds. The van der Waals surface area contributed by atoms with Crippen LogP contribution in [-0.2, 0) is 12.8 Å². The van der Waals surface area contributed by atoms with Crippen molar-refractivity contribution in [2.45, 2.75) is 37.8 Å². The van der Waals surface area contributed by atoms with Crippen molar-refractivity contribution in [2.75, 3.05) is 0 Å². The second-order valence-corrected chi connectivity index (χ2v) is 7.36. The molecule has 4 rings (SSSR count). The maximum Gasteiger partial charge on any atom is 0.395 e. The number of fused-ring (bicyclic) bond motifs is 3. The van der Waals surface area contributed by atoms with Gasteiger partial charge in [-0.1, -0.05) is 54.6 Å². The Morgan fingerprint density at radius 2 is 1.54 bits per heavy atom. The topological polar surface area (TPSA) is 0 Å². The average molecular weight is 384 g/mol. The van der Waals surface area contributed by atoms with E-state index in [2.05, 4.69) is 24.3 Å². The van der Waals surface area contributed by atoms with E-state index in [0.29, 0.717) is 12.8 Å². The summed E-state index contributed by atoms with van der Waals surface area (Å²) in [5.74, 6) is -2.09. The molecule has 0 nitrogen and oxygen atoms in total. The molecule has 1 unspecified atom stereocenters. The molecule has 0 aliphatic heterocycles. The second kappa shape index (κ2) is 7.42. The van der Waals surface area contributed by atoms with Crippen LogP contribution in [0.25, 0.3) is 11.1 Å². The van der Waals surface area contributed by atoms with Gasteiger partial charge in [-0.05, 0) is 71.2 Å². The summed E-state index contributed by atoms with van der Waals surface area (Å²) in [6.45, 7) is 0. The smallest absolute Gasteiger partial charge is 0.207 e. The first-order valence-corrected chi connectivity index (χ1v) is 9.44. The van der Waals surface area contributed by atoms with Crippen LogP contribution in [0.5, 0.6) is 0 Å². The predicted octanol–water partition coefficient (Wildman–Crippen LogP) is 7.07. The highest BCUT2D eigenvalue weighted by atomic mass is 19.4. The fraction of sp³-hybridized carbons (Fsp3) is 0.250. The van der Waals surface area contributed by atoms with Gasteiger partial charge in [0.25, 0.3) is 0 Å². The van der Waals surface area contributed by atoms with Gasteiger partial charge >= 0.3 is 6.18 Å². The summed E-state index contributed by atoms with van der Waals surface area (Å²) < 4.78 is 53.5. The number of hydrogen-bond acceptors (Lipinski definition) is 0. The van der Waals surface area contributed by atoms with E-state index in [4.69, 9.17) is 0 Å². The fourth-order valence-electron chi connectivity index (χ4n) is 4.08. The normalized spacial score (nSPS) is 13.9. The quantitative estimate of drug-likeness (QED) is 0.323. The van der Waals surface area contributed by atoms with Crippen molar-refractivity contribution in [3.8, 4) is 11.1 Å². The molecule has 0 radical (unpaired) electrons. The first-order chi connectivity index (χ1) is 13.4. The molecule has 0 saturated heterocycles. The Labute approximate surface area is 161 Å². The summed E-state index contributed by atoms with van der Waals surface area (Å²) in [5, 5.41) is 0. The summed E-state index contributed by atoms with van der Waals surface area (Å²) in [6, 6.07) is 19.1. The van der Waals surface area contributed by atoms with Crippen LogP contribution in [0.4, 0.5) is 17.6 Å². The van der Waals surface area contributed by atoms with Crippen LogP contribution in [0.1, 0.15) is 41.0 Å². The number of benzene rings is 3. The maximum atomic E-state index is 13.5. The number of halogens is 4. The molecule has 0 heterocycles. The molecule has 3 aromatic carbocycles. The van der Waals surface area contributed by atoms with Gasteiger partial charge in [0.1, 0.15) is 5.82 Å². The number of aryl methyl sites for hydroxylation is 1. The molecule has 1 aliphatic rings. The van der Waals surface area contributed by atoms with Crippen LogP contribution in [-0.4, -0.2) is 6.18 Å². The van der Waals surface area contributed by atoms with E-state index in [0.717, 1.165) is 24.1 Å². The molecular formula is C24H20F4. The van der Waals surface area contributed by atoms with Crippen molar-refractivity contribution >= 4 is 0 Å². The van der Waals surface area contributed by atoms with Gasteiger partial charge < -0.3 is 0 Å². The van der Waals surface area contributed by atoms with Gasteiger partial charge in [0, 0.05) is 0 Å². The highest BCUT2D eigenvalue weighted by molar-refractivity contribution is 5.76. The van der Waals surface area contributed by atoms with E-state index in [1.807, 2.05) is 18.2 Å². The lowest BCUT2D eigenvalue weighted by molar-refractivity contribution is -0.152. The van der Waals surface area contributed by atoms with Gasteiger partial charge in [-0.15, -0.1) is 0 Å². The number of alkyl halides is 3. The van der Waals surface area contributed by atoms with Crippen LogP contribution in [0.15, 0.2) is 66.7 Å². The zero-order chi connectivity index (χ0) is 19.7. The van der Waals surface area contributed by atoms with Crippen LogP contribution >= 0.6 is 0 Å². The zero-order valence-electron chi connectivity index (χ0n) is 15.3. The van der Waals surface area contributed by atoms with Crippen molar-refractivity contribution in [3.05, 3.63) is 94.8 Å². The largest absolute Gasteiger partial charge is 0.395 e. The van der Waals surface area contributed by atoms with E-state index >= 15 is 0 Å². The standard InChI is InChI=1S/C24H20F4/c25-20-11-9-17(10-12-20)23(24(26,27)28)7-3-4-16-8-13-22-19(14-16)15-18-5-1-2-6-21(18)22/h1-2,5-6,8-14,23H,3-4,7,15H2. The minimum atomic E-state index is -4.34. The van der Waals surface area contributed by atoms with Crippen molar-refractivity contribution < 1.29 is 17.6 Å². The van der Waals surface area contributed by atoms with Gasteiger partial charge in [0.2, 0.25) is 0 Å². The SMILES string of the molecule is Fc1ccc(C(CCCc2ccc3c(c2)Cc2ccccc2-3)C(F)(F)F)cc1. The van der Waals surface area contributed by atoms with Crippen LogP contribution in [0.2, 0.25) is 0 Å². The molecule has 0 saturated carbocycles. The lowest BCUT2D eigenvalue weighted by atomic mass is 9.91. The molecule has 1 aliphatic carbocycles. The molecule has 0 fully saturated rings. The monoisotopic (exact) mass is 384 g/mol. The van der Waals surface area contributed by atoms with Crippen molar-refractivity contribution in [2.24, 2.45) is 0 Å². The summed E-state index contributed by atoms with van der Waals surface area (Å²) >= 11 is 0. The minimum Gasteiger partial charge on any atom is -0.207 e. The molecule has 0 N–H and O–H groups in total. The summed E-state index contributed by atoms with van der Waals surface area (Å²) in [7, 11) is 0. The van der Waals surface area contributed by atoms with Gasteiger partial charge in [-0.2, -0.15) is 13.2 Å². The maximum absolute atomic E-state index is 13.5. The van der Waals surface area contributed by atoms with E-state index in [1.54, 1.807) is 0 Å². The first-order valence-electron chi connectivity index (χ1n) is 9.44. The Hall–Kier alpha value is -2.62. The highest BCUT2D eigenvalue weighted by Crippen LogP contribution is 2.39. The number of hydrogen-bond donors (Lipinski definition) is 0. The van der Waals surface area contributed by atoms with Crippen molar-refractivity contribution in [3.63, 3.8) is 0 Å². The van der Waals surface area contributed by atoms with Gasteiger partial charge in [-0.3, -0.25) is 0 Å². The third-order valence-electron chi connectivity index (χ3n) is 5.48. The molecule has 0 spiro atoms. The zero-order valence-corrected chi connectivity index (χ0v) is 15.3. The van der Waals surface area contributed by atoms with E-state index in [9.17, 15) is 17.6 Å². The second-order valence-electron chi connectivity index (χ2n) is 7.36. The Morgan fingerprint density at radius 3 is 2.29 bits per heavy atom. The summed E-state index contributed by atoms with van der Waals surface area (Å²) in [4.78, 5) is 0. The van der Waals surface area contributed by atoms with E-state index in [1.165, 1.54) is 34.4 Å². The van der Waals surface area contributed by atoms with Crippen LogP contribution in [0, 0.1) is 5.82 Å². The lowest BCUT2D eigenvalue weighted by Gasteiger charge is -2.21. The molecular weight excluding hydrogens is 364 g/mol. The lowest BCUT2D eigenvalue weighted by Crippen LogP contribution is -2.21. The Morgan fingerprint density at radius 1 is 0.821 bits per heavy atom. The fourth-order valence-corrected chi connectivity index (χ4v) is 4.08. The van der Waals surface area contributed by atoms with Crippen LogP contribution in [0.3, 0.4) is 0 Å². The van der Waals surface area contributed by atoms with Crippen molar-refractivity contribution in [1.82, 2.24) is 0 Å². The third-order valence-corrected chi connectivity index (χ3v) is 5.48. The van der Waals surface area contributed by atoms with E-state index < -0.39 is 17.9 Å². The van der Waals surface area contributed by atoms with Crippen molar-refractivity contribution in [1.29, 1.82) is 0 Å². The van der Waals surface area contributed by atoms with E-state index in [-0.39, 0.29) is 12.0 Å². The van der Waals surface area contributed by atoms with Crippen LogP contribution < -0.4 is 0 Å². The molecule has 28 heavy (non-hydrogen) atoms. The highest BCUT2D eigenvalue weighted by Gasteiger charge is 2.40. The average Bonchev–Trinajstić information content (AvgIpc) is 3.03. The minimum absolute atomic E-state index is 0.00750. The molecule has 3 aromatic rings. The molecule has 4 heteroatoms. The first kappa shape index (κ1) is 18.7. The Bertz CT molecular complexity index is 971. The Kier molecular flexibility index (Phi) is 4.96. The van der Waals surface area contributed by atoms with Gasteiger partial charge in [0.15, 0.2) is 0 Å². The van der Waals surface area contributed by atoms with Gasteiger partial charge in [-0.25, -0.2) is 4.39 Å². The summed E-state index contributed by atoms with van der Waals surface area (Å²) in [5.41, 5.74) is 6.19. The predicted molar refractivity (Wildman–Crippen MR) is 103 cm³/mol. The molecule has 0 aromatic heterocycles. The number of rotatable bonds is 5. The molecule has 144 valence electrons. The third kappa shape index (κ3) is 3.82. The Balaban J connectivity index is 1.44. The van der Waals surface area contributed by atoms with Gasteiger partial charge in [0.05, 0.1) is 5.92 Å². The molecule has 0 bridgehead atoms.